The van der Waals surface area contributed by atoms with Gasteiger partial charge >= 0.3 is 5.97 Å². The molecule has 1 heterocycles. The summed E-state index contributed by atoms with van der Waals surface area (Å²) in [7, 11) is 1.64. The van der Waals surface area contributed by atoms with E-state index in [1.807, 2.05) is 24.3 Å². The van der Waals surface area contributed by atoms with Crippen molar-refractivity contribution in [3.8, 4) is 5.75 Å². The predicted octanol–water partition coefficient (Wildman–Crippen LogP) is 3.05. The summed E-state index contributed by atoms with van der Waals surface area (Å²) < 4.78 is 10.2. The van der Waals surface area contributed by atoms with Gasteiger partial charge in [0.25, 0.3) is 0 Å². The first kappa shape index (κ1) is 20.8. The Hall–Kier alpha value is -2.90. The normalized spacial score (nSPS) is 20.9. The maximum Gasteiger partial charge on any atom is 0.338 e. The third-order valence-electron chi connectivity index (χ3n) is 5.11. The monoisotopic (exact) mass is 397 g/mol. The van der Waals surface area contributed by atoms with E-state index in [4.69, 9.17) is 9.47 Å². The molecule has 7 heteroatoms. The minimum absolute atomic E-state index is 0.0212. The maximum absolute atomic E-state index is 12.6. The molecule has 2 aromatic rings. The summed E-state index contributed by atoms with van der Waals surface area (Å²) in [4.78, 5) is 24.4. The van der Waals surface area contributed by atoms with Gasteiger partial charge in [-0.05, 0) is 55.8 Å². The molecule has 1 amide bonds. The van der Waals surface area contributed by atoms with Crippen LogP contribution < -0.4 is 20.9 Å². The topological polar surface area (TPSA) is 88.7 Å². The van der Waals surface area contributed by atoms with Crippen LogP contribution in [0.15, 0.2) is 48.5 Å². The number of benzene rings is 2. The number of amides is 1. The molecule has 154 valence electrons. The van der Waals surface area contributed by atoms with E-state index in [1.54, 1.807) is 38.3 Å². The molecule has 2 aromatic carbocycles. The Morgan fingerprint density at radius 1 is 1.03 bits per heavy atom. The quantitative estimate of drug-likeness (QED) is 0.623. The highest BCUT2D eigenvalue weighted by Gasteiger charge is 2.35. The van der Waals surface area contributed by atoms with Crippen molar-refractivity contribution in [3.05, 3.63) is 59.7 Å². The Morgan fingerprint density at radius 2 is 1.72 bits per heavy atom. The fourth-order valence-electron chi connectivity index (χ4n) is 3.49. The van der Waals surface area contributed by atoms with Crippen LogP contribution in [0.5, 0.6) is 5.75 Å². The average molecular weight is 397 g/mol. The fourth-order valence-corrected chi connectivity index (χ4v) is 3.49. The largest absolute Gasteiger partial charge is 0.497 e. The summed E-state index contributed by atoms with van der Waals surface area (Å²) in [5.74, 6) is 0.440. The van der Waals surface area contributed by atoms with Crippen molar-refractivity contribution in [1.29, 1.82) is 0 Å². The van der Waals surface area contributed by atoms with Gasteiger partial charge in [-0.1, -0.05) is 12.1 Å². The summed E-state index contributed by atoms with van der Waals surface area (Å²) in [6, 6.07) is 14.7. The molecule has 0 aromatic heterocycles. The Labute approximate surface area is 170 Å². The van der Waals surface area contributed by atoms with Crippen LogP contribution in [0, 0.1) is 5.92 Å². The molecule has 1 aliphatic rings. The third-order valence-corrected chi connectivity index (χ3v) is 5.11. The molecule has 1 aliphatic heterocycles. The molecule has 3 N–H and O–H groups in total. The number of rotatable bonds is 7. The lowest BCUT2D eigenvalue weighted by Crippen LogP contribution is -2.29. The first-order valence-corrected chi connectivity index (χ1v) is 9.74. The number of carbonyl (C=O) groups excluding carboxylic acids is 2. The van der Waals surface area contributed by atoms with Crippen molar-refractivity contribution in [1.82, 2.24) is 10.9 Å². The molecule has 29 heavy (non-hydrogen) atoms. The van der Waals surface area contributed by atoms with Crippen molar-refractivity contribution in [2.75, 3.05) is 19.0 Å². The number of anilines is 1. The lowest BCUT2D eigenvalue weighted by Gasteiger charge is -2.21. The number of hydrogen-bond acceptors (Lipinski definition) is 6. The highest BCUT2D eigenvalue weighted by molar-refractivity contribution is 5.93. The highest BCUT2D eigenvalue weighted by atomic mass is 16.5. The van der Waals surface area contributed by atoms with E-state index in [-0.39, 0.29) is 29.9 Å². The smallest absolute Gasteiger partial charge is 0.338 e. The lowest BCUT2D eigenvalue weighted by atomic mass is 9.87. The number of ether oxygens (including phenoxy) is 2. The minimum atomic E-state index is -0.371. The van der Waals surface area contributed by atoms with E-state index < -0.39 is 0 Å². The Balaban J connectivity index is 1.62. The van der Waals surface area contributed by atoms with Gasteiger partial charge in [0.2, 0.25) is 5.91 Å². The van der Waals surface area contributed by atoms with Gasteiger partial charge in [-0.3, -0.25) is 10.2 Å². The Bertz CT molecular complexity index is 836. The molecule has 0 saturated carbocycles. The second-order valence-corrected chi connectivity index (χ2v) is 7.04. The molecule has 3 unspecified atom stereocenters. The van der Waals surface area contributed by atoms with Crippen molar-refractivity contribution in [2.24, 2.45) is 5.92 Å². The molecule has 0 bridgehead atoms. The third kappa shape index (κ3) is 5.13. The minimum Gasteiger partial charge on any atom is -0.497 e. The summed E-state index contributed by atoms with van der Waals surface area (Å²) >= 11 is 0. The van der Waals surface area contributed by atoms with Crippen LogP contribution >= 0.6 is 0 Å². The van der Waals surface area contributed by atoms with E-state index in [0.29, 0.717) is 24.3 Å². The summed E-state index contributed by atoms with van der Waals surface area (Å²) in [6.45, 7) is 4.15. The number of nitrogens with one attached hydrogen (secondary N) is 3. The van der Waals surface area contributed by atoms with Crippen LogP contribution in [-0.2, 0) is 9.53 Å². The molecular weight excluding hydrogens is 370 g/mol. The van der Waals surface area contributed by atoms with Crippen molar-refractivity contribution >= 4 is 17.6 Å². The molecule has 3 rings (SSSR count). The van der Waals surface area contributed by atoms with E-state index in [0.717, 1.165) is 11.3 Å². The predicted molar refractivity (Wildman–Crippen MR) is 111 cm³/mol. The molecule has 0 aliphatic carbocycles. The van der Waals surface area contributed by atoms with Gasteiger partial charge in [0.1, 0.15) is 5.75 Å². The summed E-state index contributed by atoms with van der Waals surface area (Å²) in [5.41, 5.74) is 8.73. The van der Waals surface area contributed by atoms with Crippen molar-refractivity contribution < 1.29 is 19.1 Å². The van der Waals surface area contributed by atoms with Gasteiger partial charge in [0, 0.05) is 24.1 Å². The van der Waals surface area contributed by atoms with Crippen molar-refractivity contribution in [3.63, 3.8) is 0 Å². The number of hydrogen-bond donors (Lipinski definition) is 3. The number of hydrazine groups is 1. The zero-order chi connectivity index (χ0) is 20.8. The lowest BCUT2D eigenvalue weighted by molar-refractivity contribution is -0.117. The van der Waals surface area contributed by atoms with Crippen LogP contribution in [0.4, 0.5) is 5.69 Å². The number of carbonyl (C=O) groups is 2. The molecule has 0 radical (unpaired) electrons. The second-order valence-electron chi connectivity index (χ2n) is 7.04. The maximum atomic E-state index is 12.6. The fraction of sp³-hybridized carbons (Fsp3) is 0.364. The van der Waals surface area contributed by atoms with Crippen LogP contribution in [0.1, 0.15) is 42.2 Å². The molecule has 7 nitrogen and oxygen atoms in total. The van der Waals surface area contributed by atoms with Gasteiger partial charge in [0.15, 0.2) is 0 Å². The number of methoxy groups -OCH3 is 1. The molecular formula is C22H27N3O4. The number of esters is 1. The SMILES string of the molecule is CCOC(=O)c1ccc(NC(=O)CC2C(C)NNC2c2ccc(OC)cc2)cc1. The van der Waals surface area contributed by atoms with Crippen LogP contribution in [0.2, 0.25) is 0 Å². The zero-order valence-corrected chi connectivity index (χ0v) is 16.9. The van der Waals surface area contributed by atoms with E-state index in [1.165, 1.54) is 0 Å². The standard InChI is InChI=1S/C22H27N3O4/c1-4-29-22(27)16-5-9-17(10-6-16)23-20(26)13-19-14(2)24-25-21(19)15-7-11-18(28-3)12-8-15/h5-12,14,19,21,24-25H,4,13H2,1-3H3,(H,23,26). The van der Waals surface area contributed by atoms with Crippen LogP contribution in [0.25, 0.3) is 0 Å². The van der Waals surface area contributed by atoms with Gasteiger partial charge < -0.3 is 14.8 Å². The van der Waals surface area contributed by atoms with Gasteiger partial charge in [-0.15, -0.1) is 0 Å². The summed E-state index contributed by atoms with van der Waals surface area (Å²) in [5, 5.41) is 2.91. The molecule has 0 spiro atoms. The van der Waals surface area contributed by atoms with Gasteiger partial charge in [-0.25, -0.2) is 10.2 Å². The Kier molecular flexibility index (Phi) is 6.85. The van der Waals surface area contributed by atoms with Crippen LogP contribution in [0.3, 0.4) is 0 Å². The molecule has 1 saturated heterocycles. The first-order chi connectivity index (χ1) is 14.0. The highest BCUT2D eigenvalue weighted by Crippen LogP contribution is 2.32. The van der Waals surface area contributed by atoms with Crippen molar-refractivity contribution in [2.45, 2.75) is 32.4 Å². The molecule has 3 atom stereocenters. The van der Waals surface area contributed by atoms with E-state index in [9.17, 15) is 9.59 Å². The first-order valence-electron chi connectivity index (χ1n) is 9.74. The summed E-state index contributed by atoms with van der Waals surface area (Å²) in [6.07, 6.45) is 0.359. The van der Waals surface area contributed by atoms with Gasteiger partial charge in [0.05, 0.1) is 25.3 Å². The van der Waals surface area contributed by atoms with Crippen LogP contribution in [-0.4, -0.2) is 31.6 Å². The second kappa shape index (κ2) is 9.54. The average Bonchev–Trinajstić information content (AvgIpc) is 3.09. The Morgan fingerprint density at radius 3 is 2.34 bits per heavy atom. The van der Waals surface area contributed by atoms with E-state index >= 15 is 0 Å². The van der Waals surface area contributed by atoms with Gasteiger partial charge in [-0.2, -0.15) is 0 Å². The zero-order valence-electron chi connectivity index (χ0n) is 16.9. The van der Waals surface area contributed by atoms with E-state index in [2.05, 4.69) is 23.1 Å². The molecule has 1 fully saturated rings.